The number of hydrogen-bond donors (Lipinski definition) is 2. The predicted octanol–water partition coefficient (Wildman–Crippen LogP) is 3.03. The van der Waals surface area contributed by atoms with Crippen LogP contribution in [0.4, 0.5) is 0 Å². The van der Waals surface area contributed by atoms with Crippen molar-refractivity contribution in [2.24, 2.45) is 11.8 Å². The molecule has 2 aliphatic rings. The standard InChI is InChI=1S/C15H20ClIN2O2/c16-12-7-10(1-2-13(12)17)14(19-18)11-3-5-21-15(8-11)4-6-20-9-15/h1-2,7,11,14,19H,3-6,8-9,18H2. The van der Waals surface area contributed by atoms with Crippen LogP contribution in [0.15, 0.2) is 18.2 Å². The molecule has 2 aliphatic heterocycles. The van der Waals surface area contributed by atoms with Gasteiger partial charge in [0.2, 0.25) is 0 Å². The van der Waals surface area contributed by atoms with Crippen molar-refractivity contribution < 1.29 is 9.47 Å². The Morgan fingerprint density at radius 3 is 2.95 bits per heavy atom. The van der Waals surface area contributed by atoms with Crippen molar-refractivity contribution in [1.82, 2.24) is 5.43 Å². The van der Waals surface area contributed by atoms with Crippen molar-refractivity contribution in [3.8, 4) is 0 Å². The number of hydrogen-bond acceptors (Lipinski definition) is 4. The van der Waals surface area contributed by atoms with Crippen LogP contribution >= 0.6 is 34.2 Å². The first-order valence-corrected chi connectivity index (χ1v) is 8.72. The van der Waals surface area contributed by atoms with Gasteiger partial charge in [-0.3, -0.25) is 11.3 Å². The lowest BCUT2D eigenvalue weighted by Crippen LogP contribution is -2.45. The van der Waals surface area contributed by atoms with Gasteiger partial charge in [0.25, 0.3) is 0 Å². The zero-order valence-electron chi connectivity index (χ0n) is 11.8. The minimum absolute atomic E-state index is 0.0980. The zero-order valence-corrected chi connectivity index (χ0v) is 14.7. The Labute approximate surface area is 143 Å². The molecule has 6 heteroatoms. The summed E-state index contributed by atoms with van der Waals surface area (Å²) < 4.78 is 12.6. The maximum absolute atomic E-state index is 6.25. The van der Waals surface area contributed by atoms with Crippen molar-refractivity contribution in [3.63, 3.8) is 0 Å². The van der Waals surface area contributed by atoms with Crippen molar-refractivity contribution in [2.75, 3.05) is 19.8 Å². The van der Waals surface area contributed by atoms with E-state index in [2.05, 4.69) is 34.1 Å². The Bertz CT molecular complexity index is 508. The van der Waals surface area contributed by atoms with Crippen LogP contribution in [-0.2, 0) is 9.47 Å². The average Bonchev–Trinajstić information content (AvgIpc) is 2.91. The quantitative estimate of drug-likeness (QED) is 0.447. The molecule has 0 amide bonds. The topological polar surface area (TPSA) is 56.5 Å². The largest absolute Gasteiger partial charge is 0.378 e. The lowest BCUT2D eigenvalue weighted by atomic mass is 9.79. The number of nitrogens with two attached hydrogens (primary N) is 1. The molecule has 0 saturated carbocycles. The molecule has 0 aromatic heterocycles. The van der Waals surface area contributed by atoms with Crippen LogP contribution in [0.2, 0.25) is 5.02 Å². The zero-order chi connectivity index (χ0) is 14.9. The normalized spacial score (nSPS) is 30.7. The van der Waals surface area contributed by atoms with Gasteiger partial charge < -0.3 is 9.47 Å². The SMILES string of the molecule is NNC(c1ccc(I)c(Cl)c1)C1CCOC2(CCOC2)C1. The molecule has 1 aromatic rings. The molecule has 1 spiro atoms. The Morgan fingerprint density at radius 2 is 2.29 bits per heavy atom. The van der Waals surface area contributed by atoms with E-state index in [4.69, 9.17) is 26.9 Å². The van der Waals surface area contributed by atoms with Crippen LogP contribution in [0.1, 0.15) is 30.9 Å². The van der Waals surface area contributed by atoms with Crippen molar-refractivity contribution >= 4 is 34.2 Å². The molecule has 3 atom stereocenters. The van der Waals surface area contributed by atoms with Gasteiger partial charge in [-0.15, -0.1) is 0 Å². The number of ether oxygens (including phenoxy) is 2. The third-order valence-corrected chi connectivity index (χ3v) is 6.12. The van der Waals surface area contributed by atoms with Crippen molar-refractivity contribution in [1.29, 1.82) is 0 Å². The van der Waals surface area contributed by atoms with E-state index >= 15 is 0 Å². The molecule has 2 heterocycles. The molecule has 2 fully saturated rings. The summed E-state index contributed by atoms with van der Waals surface area (Å²) in [5.74, 6) is 6.28. The summed E-state index contributed by atoms with van der Waals surface area (Å²) in [7, 11) is 0. The average molecular weight is 423 g/mol. The summed E-state index contributed by atoms with van der Waals surface area (Å²) in [5.41, 5.74) is 4.02. The minimum atomic E-state index is -0.106. The van der Waals surface area contributed by atoms with Crippen molar-refractivity contribution in [3.05, 3.63) is 32.4 Å². The summed E-state index contributed by atoms with van der Waals surface area (Å²) >= 11 is 8.49. The summed E-state index contributed by atoms with van der Waals surface area (Å²) in [6, 6.07) is 6.25. The Hall–Kier alpha value is 0.0800. The van der Waals surface area contributed by atoms with Gasteiger partial charge in [0.05, 0.1) is 17.2 Å². The summed E-state index contributed by atoms with van der Waals surface area (Å²) in [6.07, 6.45) is 2.96. The van der Waals surface area contributed by atoms with Crippen LogP contribution in [0, 0.1) is 9.49 Å². The first-order valence-electron chi connectivity index (χ1n) is 7.26. The molecule has 0 bridgehead atoms. The van der Waals surface area contributed by atoms with E-state index in [1.807, 2.05) is 12.1 Å². The van der Waals surface area contributed by atoms with Gasteiger partial charge >= 0.3 is 0 Å². The molecule has 21 heavy (non-hydrogen) atoms. The molecule has 0 aliphatic carbocycles. The van der Waals surface area contributed by atoms with Crippen molar-refractivity contribution in [2.45, 2.75) is 30.9 Å². The number of rotatable bonds is 3. The number of nitrogens with one attached hydrogen (secondary N) is 1. The van der Waals surface area contributed by atoms with Gasteiger partial charge in [-0.25, -0.2) is 0 Å². The van der Waals surface area contributed by atoms with Gasteiger partial charge in [-0.05, 0) is 59.0 Å². The number of hydrazine groups is 1. The monoisotopic (exact) mass is 422 g/mol. The van der Waals surface area contributed by atoms with Crippen LogP contribution < -0.4 is 11.3 Å². The molecule has 2 saturated heterocycles. The predicted molar refractivity (Wildman–Crippen MR) is 91.1 cm³/mol. The molecule has 116 valence electrons. The van der Waals surface area contributed by atoms with E-state index in [0.29, 0.717) is 12.5 Å². The van der Waals surface area contributed by atoms with E-state index in [9.17, 15) is 0 Å². The highest BCUT2D eigenvalue weighted by Gasteiger charge is 2.43. The molecular formula is C15H20ClIN2O2. The van der Waals surface area contributed by atoms with E-state index in [-0.39, 0.29) is 11.6 Å². The summed E-state index contributed by atoms with van der Waals surface area (Å²) in [4.78, 5) is 0. The maximum Gasteiger partial charge on any atom is 0.0940 e. The molecule has 4 nitrogen and oxygen atoms in total. The van der Waals surface area contributed by atoms with Gasteiger partial charge in [0.15, 0.2) is 0 Å². The van der Waals surface area contributed by atoms with Crippen LogP contribution in [-0.4, -0.2) is 25.4 Å². The van der Waals surface area contributed by atoms with E-state index in [0.717, 1.165) is 46.6 Å². The number of halogens is 2. The van der Waals surface area contributed by atoms with Gasteiger partial charge in [0, 0.05) is 29.2 Å². The molecule has 1 aromatic carbocycles. The van der Waals surface area contributed by atoms with Gasteiger partial charge in [0.1, 0.15) is 0 Å². The van der Waals surface area contributed by atoms with E-state index in [1.165, 1.54) is 0 Å². The molecule has 0 radical (unpaired) electrons. The van der Waals surface area contributed by atoms with Gasteiger partial charge in [-0.2, -0.15) is 0 Å². The van der Waals surface area contributed by atoms with E-state index < -0.39 is 0 Å². The lowest BCUT2D eigenvalue weighted by molar-refractivity contribution is -0.103. The highest BCUT2D eigenvalue weighted by atomic mass is 127. The fourth-order valence-corrected chi connectivity index (χ4v) is 3.95. The van der Waals surface area contributed by atoms with Crippen LogP contribution in [0.25, 0.3) is 0 Å². The van der Waals surface area contributed by atoms with E-state index in [1.54, 1.807) is 0 Å². The molecule has 3 N–H and O–H groups in total. The maximum atomic E-state index is 6.25. The molecule has 3 unspecified atom stereocenters. The first-order chi connectivity index (χ1) is 10.1. The second-order valence-electron chi connectivity index (χ2n) is 5.90. The fourth-order valence-electron chi connectivity index (χ4n) is 3.42. The third-order valence-electron chi connectivity index (χ3n) is 4.55. The second-order valence-corrected chi connectivity index (χ2v) is 7.47. The Balaban J connectivity index is 1.80. The third kappa shape index (κ3) is 3.38. The van der Waals surface area contributed by atoms with Crippen LogP contribution in [0.3, 0.4) is 0 Å². The van der Waals surface area contributed by atoms with Crippen LogP contribution in [0.5, 0.6) is 0 Å². The summed E-state index contributed by atoms with van der Waals surface area (Å²) in [5, 5.41) is 0.777. The number of benzene rings is 1. The highest BCUT2D eigenvalue weighted by Crippen LogP contribution is 2.41. The Morgan fingerprint density at radius 1 is 1.43 bits per heavy atom. The smallest absolute Gasteiger partial charge is 0.0940 e. The minimum Gasteiger partial charge on any atom is -0.378 e. The Kier molecular flexibility index (Phi) is 5.08. The molecular weight excluding hydrogens is 403 g/mol. The lowest BCUT2D eigenvalue weighted by Gasteiger charge is -2.40. The summed E-state index contributed by atoms with van der Waals surface area (Å²) in [6.45, 7) is 2.27. The first kappa shape index (κ1) is 16.0. The second kappa shape index (κ2) is 6.68. The molecule has 3 rings (SSSR count). The highest BCUT2D eigenvalue weighted by molar-refractivity contribution is 14.1. The fraction of sp³-hybridized carbons (Fsp3) is 0.600. The van der Waals surface area contributed by atoms with Gasteiger partial charge in [-0.1, -0.05) is 17.7 Å².